The van der Waals surface area contributed by atoms with Gasteiger partial charge < -0.3 is 5.32 Å². The number of rotatable bonds is 1. The van der Waals surface area contributed by atoms with E-state index < -0.39 is 0 Å². The zero-order chi connectivity index (χ0) is 11.0. The van der Waals surface area contributed by atoms with E-state index in [-0.39, 0.29) is 5.78 Å². The van der Waals surface area contributed by atoms with Crippen molar-refractivity contribution in [1.29, 1.82) is 0 Å². The predicted octanol–water partition coefficient (Wildman–Crippen LogP) is 2.84. The normalized spacial score (nSPS) is 14.9. The Labute approximate surface area is 98.6 Å². The maximum absolute atomic E-state index is 11.4. The molecule has 1 aliphatic rings. The smallest absolute Gasteiger partial charge is 0.162 e. The van der Waals surface area contributed by atoms with Crippen LogP contribution in [0.1, 0.15) is 28.4 Å². The van der Waals surface area contributed by atoms with E-state index in [1.54, 1.807) is 0 Å². The third-order valence-corrected chi connectivity index (χ3v) is 3.35. The number of halogens is 2. The second-order valence-electron chi connectivity index (χ2n) is 3.67. The van der Waals surface area contributed by atoms with Crippen molar-refractivity contribution in [2.24, 2.45) is 0 Å². The van der Waals surface area contributed by atoms with Gasteiger partial charge in [0.2, 0.25) is 0 Å². The lowest BCUT2D eigenvalue weighted by atomic mass is 9.97. The van der Waals surface area contributed by atoms with Gasteiger partial charge in [-0.2, -0.15) is 0 Å². The van der Waals surface area contributed by atoms with Gasteiger partial charge in [0.1, 0.15) is 0 Å². The van der Waals surface area contributed by atoms with Crippen molar-refractivity contribution in [3.05, 3.63) is 32.8 Å². The summed E-state index contributed by atoms with van der Waals surface area (Å²) in [5, 5.41) is 4.23. The number of ketones is 1. The van der Waals surface area contributed by atoms with Crippen LogP contribution in [0.3, 0.4) is 0 Å². The van der Waals surface area contributed by atoms with E-state index in [1.807, 2.05) is 6.07 Å². The van der Waals surface area contributed by atoms with Crippen molar-refractivity contribution in [2.75, 3.05) is 6.54 Å². The van der Waals surface area contributed by atoms with Gasteiger partial charge in [-0.3, -0.25) is 4.79 Å². The zero-order valence-electron chi connectivity index (χ0n) is 8.36. The third kappa shape index (κ3) is 1.89. The summed E-state index contributed by atoms with van der Waals surface area (Å²) in [6.45, 7) is 3.15. The first-order valence-corrected chi connectivity index (χ1v) is 5.58. The number of nitrogens with one attached hydrogen (secondary N) is 1. The molecule has 1 heterocycles. The number of carbonyl (C=O) groups excluding carboxylic acids is 1. The van der Waals surface area contributed by atoms with Crippen molar-refractivity contribution >= 4 is 29.0 Å². The van der Waals surface area contributed by atoms with Gasteiger partial charge in [0, 0.05) is 6.54 Å². The van der Waals surface area contributed by atoms with Gasteiger partial charge in [-0.05, 0) is 37.1 Å². The summed E-state index contributed by atoms with van der Waals surface area (Å²) >= 11 is 12.2. The molecule has 1 aromatic carbocycles. The fraction of sp³-hybridized carbons (Fsp3) is 0.364. The highest BCUT2D eigenvalue weighted by Gasteiger charge is 2.20. The first kappa shape index (κ1) is 10.9. The van der Waals surface area contributed by atoms with Crippen LogP contribution in [0.4, 0.5) is 0 Å². The summed E-state index contributed by atoms with van der Waals surface area (Å²) in [5.41, 5.74) is 2.62. The minimum atomic E-state index is -0.0775. The Morgan fingerprint density at radius 1 is 1.47 bits per heavy atom. The summed E-state index contributed by atoms with van der Waals surface area (Å²) in [7, 11) is 0. The monoisotopic (exact) mass is 243 g/mol. The molecule has 0 radical (unpaired) electrons. The molecular formula is C11H11Cl2NO. The average molecular weight is 244 g/mol. The number of Topliss-reactive ketones (excluding diaryl/α,β-unsaturated/α-hetero) is 1. The van der Waals surface area contributed by atoms with E-state index in [2.05, 4.69) is 5.32 Å². The van der Waals surface area contributed by atoms with Crippen molar-refractivity contribution in [1.82, 2.24) is 5.32 Å². The quantitative estimate of drug-likeness (QED) is 0.769. The van der Waals surface area contributed by atoms with Gasteiger partial charge in [0.25, 0.3) is 0 Å². The fourth-order valence-corrected chi connectivity index (χ4v) is 2.75. The number of benzene rings is 1. The van der Waals surface area contributed by atoms with Gasteiger partial charge in [-0.1, -0.05) is 23.2 Å². The second kappa shape index (κ2) is 4.12. The molecule has 2 rings (SSSR count). The minimum absolute atomic E-state index is 0.0775. The molecular weight excluding hydrogens is 233 g/mol. The molecule has 0 aliphatic carbocycles. The number of carbonyl (C=O) groups is 1. The van der Waals surface area contributed by atoms with Crippen LogP contribution < -0.4 is 5.32 Å². The van der Waals surface area contributed by atoms with Crippen molar-refractivity contribution < 1.29 is 4.79 Å². The van der Waals surface area contributed by atoms with Gasteiger partial charge in [-0.25, -0.2) is 0 Å². The lowest BCUT2D eigenvalue weighted by Crippen LogP contribution is -2.24. The Kier molecular flexibility index (Phi) is 3.01. The van der Waals surface area contributed by atoms with Crippen LogP contribution >= 0.6 is 23.2 Å². The van der Waals surface area contributed by atoms with Crippen LogP contribution in [0.5, 0.6) is 0 Å². The Morgan fingerprint density at radius 3 is 2.87 bits per heavy atom. The molecule has 0 atom stereocenters. The van der Waals surface area contributed by atoms with E-state index >= 15 is 0 Å². The van der Waals surface area contributed by atoms with E-state index in [1.165, 1.54) is 6.92 Å². The maximum atomic E-state index is 11.4. The molecule has 0 saturated heterocycles. The molecule has 15 heavy (non-hydrogen) atoms. The first-order chi connectivity index (χ1) is 7.11. The van der Waals surface area contributed by atoms with Crippen molar-refractivity contribution in [2.45, 2.75) is 19.9 Å². The third-order valence-electron chi connectivity index (χ3n) is 2.63. The van der Waals surface area contributed by atoms with Gasteiger partial charge in [-0.15, -0.1) is 0 Å². The first-order valence-electron chi connectivity index (χ1n) is 4.82. The molecule has 1 aliphatic heterocycles. The molecule has 0 bridgehead atoms. The van der Waals surface area contributed by atoms with Crippen LogP contribution in [0.15, 0.2) is 6.07 Å². The standard InChI is InChI=1S/C11H11Cl2NO/c1-6(15)10-9(12)4-7-5-14-3-2-8(7)11(10)13/h4,14H,2-3,5H2,1H3. The molecule has 4 heteroatoms. The molecule has 0 unspecified atom stereocenters. The average Bonchev–Trinajstić information content (AvgIpc) is 2.17. The summed E-state index contributed by atoms with van der Waals surface area (Å²) in [4.78, 5) is 11.4. The zero-order valence-corrected chi connectivity index (χ0v) is 9.87. The van der Waals surface area contributed by atoms with Gasteiger partial charge >= 0.3 is 0 Å². The Hall–Kier alpha value is -0.570. The van der Waals surface area contributed by atoms with E-state index in [0.29, 0.717) is 15.6 Å². The summed E-state index contributed by atoms with van der Waals surface area (Å²) in [5.74, 6) is -0.0775. The Balaban J connectivity index is 2.64. The maximum Gasteiger partial charge on any atom is 0.162 e. The molecule has 0 amide bonds. The molecule has 2 nitrogen and oxygen atoms in total. The summed E-state index contributed by atoms with van der Waals surface area (Å²) in [6, 6.07) is 1.84. The lowest BCUT2D eigenvalue weighted by Gasteiger charge is -2.20. The largest absolute Gasteiger partial charge is 0.312 e. The molecule has 0 spiro atoms. The molecule has 0 saturated carbocycles. The predicted molar refractivity (Wildman–Crippen MR) is 61.9 cm³/mol. The van der Waals surface area contributed by atoms with Gasteiger partial charge in [0.05, 0.1) is 15.6 Å². The van der Waals surface area contributed by atoms with Crippen molar-refractivity contribution in [3.8, 4) is 0 Å². The highest BCUT2D eigenvalue weighted by Crippen LogP contribution is 2.33. The topological polar surface area (TPSA) is 29.1 Å². The summed E-state index contributed by atoms with van der Waals surface area (Å²) < 4.78 is 0. The van der Waals surface area contributed by atoms with Gasteiger partial charge in [0.15, 0.2) is 5.78 Å². The molecule has 1 N–H and O–H groups in total. The van der Waals surface area contributed by atoms with E-state index in [9.17, 15) is 4.79 Å². The second-order valence-corrected chi connectivity index (χ2v) is 4.45. The van der Waals surface area contributed by atoms with Crippen LogP contribution in [0.25, 0.3) is 0 Å². The highest BCUT2D eigenvalue weighted by atomic mass is 35.5. The Bertz CT molecular complexity index is 429. The minimum Gasteiger partial charge on any atom is -0.312 e. The number of hydrogen-bond acceptors (Lipinski definition) is 2. The van der Waals surface area contributed by atoms with Crippen LogP contribution in [0, 0.1) is 0 Å². The van der Waals surface area contributed by atoms with Crippen LogP contribution in [0.2, 0.25) is 10.0 Å². The lowest BCUT2D eigenvalue weighted by molar-refractivity contribution is 0.101. The van der Waals surface area contributed by atoms with Crippen LogP contribution in [-0.2, 0) is 13.0 Å². The van der Waals surface area contributed by atoms with Crippen LogP contribution in [-0.4, -0.2) is 12.3 Å². The fourth-order valence-electron chi connectivity index (χ4n) is 1.90. The van der Waals surface area contributed by atoms with E-state index in [4.69, 9.17) is 23.2 Å². The SMILES string of the molecule is CC(=O)c1c(Cl)cc2c(c1Cl)CCNC2. The summed E-state index contributed by atoms with van der Waals surface area (Å²) in [6.07, 6.45) is 0.853. The van der Waals surface area contributed by atoms with E-state index in [0.717, 1.165) is 30.6 Å². The molecule has 0 fully saturated rings. The molecule has 80 valence electrons. The molecule has 0 aromatic heterocycles. The molecule has 1 aromatic rings. The number of hydrogen-bond donors (Lipinski definition) is 1. The van der Waals surface area contributed by atoms with Crippen molar-refractivity contribution in [3.63, 3.8) is 0 Å². The highest BCUT2D eigenvalue weighted by molar-refractivity contribution is 6.40. The Morgan fingerprint density at radius 2 is 2.20 bits per heavy atom. The number of fused-ring (bicyclic) bond motifs is 1.